The average molecular weight is 206 g/mol. The molecule has 0 aromatic heterocycles. The van der Waals surface area contributed by atoms with Gasteiger partial charge in [0.05, 0.1) is 5.49 Å². The Balaban J connectivity index is -0.0000000226. The van der Waals surface area contributed by atoms with E-state index in [1.165, 1.54) is 5.49 Å². The van der Waals surface area contributed by atoms with Crippen molar-refractivity contribution >= 4 is 37.6 Å². The van der Waals surface area contributed by atoms with Crippen molar-refractivity contribution in [1.82, 2.24) is 0 Å². The molecular formula is C9H22N2OS. The normalized spacial score (nSPS) is 4.00. The zero-order chi connectivity index (χ0) is 10.8. The zero-order valence-corrected chi connectivity index (χ0v) is 9.10. The zero-order valence-electron chi connectivity index (χ0n) is 8.28. The fraction of sp³-hybridized carbons (Fsp3) is 0.556. The van der Waals surface area contributed by atoms with Crippen molar-refractivity contribution in [2.75, 3.05) is 0 Å². The van der Waals surface area contributed by atoms with Crippen molar-refractivity contribution in [3.63, 3.8) is 0 Å². The van der Waals surface area contributed by atoms with E-state index in [4.69, 9.17) is 4.79 Å². The maximum absolute atomic E-state index is 8.94. The Morgan fingerprint density at radius 3 is 1.23 bits per heavy atom. The third-order valence-corrected chi connectivity index (χ3v) is 0.298. The maximum Gasteiger partial charge on any atom is 0.232 e. The first-order valence-electron chi connectivity index (χ1n) is 3.62. The third kappa shape index (κ3) is 760. The summed E-state index contributed by atoms with van der Waals surface area (Å²) in [5, 5.41) is 0. The second kappa shape index (κ2) is 118. The van der Waals surface area contributed by atoms with Crippen LogP contribution in [0.5, 0.6) is 0 Å². The summed E-state index contributed by atoms with van der Waals surface area (Å²) >= 11 is 4.20. The SMILES string of the molecule is C.C=NC=O.C=NC=S.CC.CC. The van der Waals surface area contributed by atoms with Crippen LogP contribution in [0.3, 0.4) is 0 Å². The summed E-state index contributed by atoms with van der Waals surface area (Å²) in [4.78, 5) is 14.9. The highest BCUT2D eigenvalue weighted by Gasteiger charge is 1.36. The van der Waals surface area contributed by atoms with Gasteiger partial charge in [-0.15, -0.1) is 0 Å². The van der Waals surface area contributed by atoms with E-state index in [2.05, 4.69) is 35.6 Å². The second-order valence-electron chi connectivity index (χ2n) is 0.576. The van der Waals surface area contributed by atoms with E-state index in [9.17, 15) is 0 Å². The first-order chi connectivity index (χ1) is 5.83. The molecule has 0 bridgehead atoms. The van der Waals surface area contributed by atoms with E-state index >= 15 is 0 Å². The van der Waals surface area contributed by atoms with Crippen molar-refractivity contribution in [3.05, 3.63) is 0 Å². The van der Waals surface area contributed by atoms with E-state index in [0.717, 1.165) is 0 Å². The van der Waals surface area contributed by atoms with Crippen LogP contribution in [0.25, 0.3) is 0 Å². The summed E-state index contributed by atoms with van der Waals surface area (Å²) in [6.07, 6.45) is 0.389. The molecule has 1 amide bonds. The molecule has 0 atom stereocenters. The molecule has 4 heteroatoms. The minimum atomic E-state index is 0. The Morgan fingerprint density at radius 1 is 1.08 bits per heavy atom. The van der Waals surface area contributed by atoms with Crippen molar-refractivity contribution in [1.29, 1.82) is 0 Å². The van der Waals surface area contributed by atoms with E-state index in [1.807, 2.05) is 27.7 Å². The Labute approximate surface area is 88.0 Å². The van der Waals surface area contributed by atoms with Gasteiger partial charge >= 0.3 is 0 Å². The van der Waals surface area contributed by atoms with Gasteiger partial charge in [-0.2, -0.15) is 0 Å². The van der Waals surface area contributed by atoms with Gasteiger partial charge in [-0.05, 0) is 13.4 Å². The molecule has 0 saturated carbocycles. The van der Waals surface area contributed by atoms with Crippen molar-refractivity contribution in [2.24, 2.45) is 9.98 Å². The molecule has 0 aliphatic carbocycles. The number of carbonyl (C=O) groups is 1. The summed E-state index contributed by atoms with van der Waals surface area (Å²) in [5.41, 5.74) is 1.22. The minimum absolute atomic E-state index is 0. The highest BCUT2D eigenvalue weighted by Crippen LogP contribution is 1.42. The van der Waals surface area contributed by atoms with E-state index in [1.54, 1.807) is 0 Å². The topological polar surface area (TPSA) is 41.8 Å². The van der Waals surface area contributed by atoms with Gasteiger partial charge in [0, 0.05) is 0 Å². The largest absolute Gasteiger partial charge is 0.276 e. The molecule has 0 unspecified atom stereocenters. The molecule has 0 aromatic carbocycles. The molecule has 0 heterocycles. The summed E-state index contributed by atoms with van der Waals surface area (Å²) < 4.78 is 0. The average Bonchev–Trinajstić information content (AvgIpc) is 2.23. The van der Waals surface area contributed by atoms with E-state index < -0.39 is 0 Å². The molecule has 0 aliphatic rings. The second-order valence-corrected chi connectivity index (χ2v) is 0.787. The Morgan fingerprint density at radius 2 is 1.23 bits per heavy atom. The molecular weight excluding hydrogens is 184 g/mol. The van der Waals surface area contributed by atoms with Gasteiger partial charge in [0.15, 0.2) is 0 Å². The lowest BCUT2D eigenvalue weighted by molar-refractivity contribution is -0.106. The lowest BCUT2D eigenvalue weighted by Crippen LogP contribution is -1.47. The molecule has 0 rings (SSSR count). The first kappa shape index (κ1) is 29.6. The number of thiocarbonyl (C=S) groups is 1. The standard InChI is InChI=1S/C2H3NO.C2H3NS.2C2H6.CH4/c2*1-3-2-4;2*1-2;/h2*2H,1H2;2*1-2H3;1H4. The molecule has 0 aromatic rings. The lowest BCUT2D eigenvalue weighted by Gasteiger charge is -1.45. The fourth-order valence-corrected chi connectivity index (χ4v) is 0. The van der Waals surface area contributed by atoms with Gasteiger partial charge in [0.25, 0.3) is 0 Å². The smallest absolute Gasteiger partial charge is 0.232 e. The highest BCUT2D eigenvalue weighted by molar-refractivity contribution is 7.78. The van der Waals surface area contributed by atoms with Crippen LogP contribution in [0.2, 0.25) is 0 Å². The summed E-state index contributed by atoms with van der Waals surface area (Å²) in [6.45, 7) is 13.9. The third-order valence-electron chi connectivity index (χ3n) is 0.149. The fourth-order valence-electron chi connectivity index (χ4n) is 0. The molecule has 0 N–H and O–H groups in total. The molecule has 3 nitrogen and oxygen atoms in total. The van der Waals surface area contributed by atoms with Gasteiger partial charge in [-0.1, -0.05) is 47.3 Å². The van der Waals surface area contributed by atoms with E-state index in [-0.39, 0.29) is 7.43 Å². The van der Waals surface area contributed by atoms with Crippen LogP contribution in [0.1, 0.15) is 35.1 Å². The van der Waals surface area contributed by atoms with Crippen LogP contribution in [-0.4, -0.2) is 25.3 Å². The van der Waals surface area contributed by atoms with Gasteiger partial charge in [-0.25, -0.2) is 4.99 Å². The van der Waals surface area contributed by atoms with Crippen molar-refractivity contribution in [2.45, 2.75) is 35.1 Å². The van der Waals surface area contributed by atoms with Crippen LogP contribution in [0.4, 0.5) is 0 Å². The van der Waals surface area contributed by atoms with Gasteiger partial charge in [-0.3, -0.25) is 9.79 Å². The molecule has 0 saturated heterocycles. The molecule has 0 fully saturated rings. The van der Waals surface area contributed by atoms with Crippen LogP contribution in [0.15, 0.2) is 9.98 Å². The number of rotatable bonds is 2. The van der Waals surface area contributed by atoms with Crippen LogP contribution < -0.4 is 0 Å². The van der Waals surface area contributed by atoms with Crippen LogP contribution in [0, 0.1) is 0 Å². The molecule has 13 heavy (non-hydrogen) atoms. The molecule has 0 spiro atoms. The monoisotopic (exact) mass is 206 g/mol. The summed E-state index contributed by atoms with van der Waals surface area (Å²) in [7, 11) is 0. The first-order valence-corrected chi connectivity index (χ1v) is 4.09. The van der Waals surface area contributed by atoms with Gasteiger partial charge < -0.3 is 0 Å². The number of carbonyl (C=O) groups excluding carboxylic acids is 1. The molecule has 0 aliphatic heterocycles. The van der Waals surface area contributed by atoms with E-state index in [0.29, 0.717) is 6.41 Å². The van der Waals surface area contributed by atoms with Gasteiger partial charge in [0.1, 0.15) is 0 Å². The Bertz CT molecular complexity index is 71.6. The Kier molecular flexibility index (Phi) is 268. The Hall–Kier alpha value is -0.900. The predicted octanol–water partition coefficient (Wildman–Crippen LogP) is 3.18. The number of aliphatic imine (C=N–C) groups is 2. The number of hydrogen-bond acceptors (Lipinski definition) is 2. The van der Waals surface area contributed by atoms with Gasteiger partial charge in [0.2, 0.25) is 6.41 Å². The van der Waals surface area contributed by atoms with Crippen molar-refractivity contribution in [3.8, 4) is 0 Å². The number of amides is 1. The number of hydrogen-bond donors (Lipinski definition) is 0. The predicted molar refractivity (Wildman–Crippen MR) is 68.2 cm³/mol. The molecule has 0 radical (unpaired) electrons. The quantitative estimate of drug-likeness (QED) is 0.395. The highest BCUT2D eigenvalue weighted by atomic mass is 32.1. The van der Waals surface area contributed by atoms with Crippen LogP contribution in [-0.2, 0) is 4.79 Å². The molecule has 80 valence electrons. The number of nitrogens with zero attached hydrogens (tertiary/aromatic N) is 2. The minimum Gasteiger partial charge on any atom is -0.276 e. The summed E-state index contributed by atoms with van der Waals surface area (Å²) in [6, 6.07) is 0. The summed E-state index contributed by atoms with van der Waals surface area (Å²) in [5.74, 6) is 0. The van der Waals surface area contributed by atoms with Crippen LogP contribution >= 0.6 is 12.2 Å². The maximum atomic E-state index is 8.94. The lowest BCUT2D eigenvalue weighted by atomic mass is 11.0. The van der Waals surface area contributed by atoms with Crippen molar-refractivity contribution < 1.29 is 4.79 Å².